The predicted molar refractivity (Wildman–Crippen MR) is 121 cm³/mol. The lowest BCUT2D eigenvalue weighted by molar-refractivity contribution is 0.0956. The summed E-state index contributed by atoms with van der Waals surface area (Å²) in [6.45, 7) is 2.41. The minimum atomic E-state index is -3.59. The first-order valence-corrected chi connectivity index (χ1v) is 12.5. The second-order valence-corrected chi connectivity index (χ2v) is 10.2. The van der Waals surface area contributed by atoms with Crippen LogP contribution >= 0.6 is 0 Å². The van der Waals surface area contributed by atoms with Crippen molar-refractivity contribution < 1.29 is 22.7 Å². The van der Waals surface area contributed by atoms with Gasteiger partial charge in [-0.3, -0.25) is 4.79 Å². The standard InChI is InChI=1S/C23H29N3O5S/c1-15(20-3-2-4-21-22(20)31-14-30-21)26-19-10-9-18(13-19)16-5-7-17(8-6-16)23(27)25-11-12-32(24,28)29/h2-8,15,18-19,26H,9-14H2,1H3,(H,25,27)(H2,24,28,29)/t15-,18+,19?/m1/s1. The van der Waals surface area contributed by atoms with E-state index in [9.17, 15) is 13.2 Å². The smallest absolute Gasteiger partial charge is 0.251 e. The van der Waals surface area contributed by atoms with Gasteiger partial charge in [0.25, 0.3) is 5.91 Å². The van der Waals surface area contributed by atoms with Gasteiger partial charge in [-0.15, -0.1) is 0 Å². The molecule has 4 rings (SSSR count). The van der Waals surface area contributed by atoms with Gasteiger partial charge in [0, 0.05) is 29.8 Å². The van der Waals surface area contributed by atoms with Crippen molar-refractivity contribution in [2.45, 2.75) is 44.2 Å². The van der Waals surface area contributed by atoms with Crippen molar-refractivity contribution in [1.82, 2.24) is 10.6 Å². The quantitative estimate of drug-likeness (QED) is 0.558. The van der Waals surface area contributed by atoms with E-state index in [4.69, 9.17) is 14.6 Å². The molecule has 32 heavy (non-hydrogen) atoms. The molecule has 2 aromatic carbocycles. The molecule has 0 aromatic heterocycles. The number of nitrogens with two attached hydrogens (primary N) is 1. The van der Waals surface area contributed by atoms with Gasteiger partial charge in [0.15, 0.2) is 11.5 Å². The summed E-state index contributed by atoms with van der Waals surface area (Å²) >= 11 is 0. The maximum atomic E-state index is 12.2. The summed E-state index contributed by atoms with van der Waals surface area (Å²) in [5.41, 5.74) is 2.83. The number of carbonyl (C=O) groups excluding carboxylic acids is 1. The van der Waals surface area contributed by atoms with E-state index in [0.29, 0.717) is 17.5 Å². The molecule has 1 aliphatic carbocycles. The third-order valence-electron chi connectivity index (χ3n) is 6.13. The Morgan fingerprint density at radius 3 is 2.69 bits per heavy atom. The van der Waals surface area contributed by atoms with Crippen LogP contribution in [-0.4, -0.2) is 39.5 Å². The zero-order valence-corrected chi connectivity index (χ0v) is 18.9. The Hall–Kier alpha value is -2.62. The van der Waals surface area contributed by atoms with Crippen molar-refractivity contribution in [3.63, 3.8) is 0 Å². The normalized spacial score (nSPS) is 20.8. The van der Waals surface area contributed by atoms with Crippen LogP contribution in [0.1, 0.15) is 59.6 Å². The molecule has 0 saturated heterocycles. The first kappa shape index (κ1) is 22.6. The Morgan fingerprint density at radius 2 is 1.94 bits per heavy atom. The van der Waals surface area contributed by atoms with Gasteiger partial charge in [-0.25, -0.2) is 13.6 Å². The lowest BCUT2D eigenvalue weighted by Gasteiger charge is -2.21. The van der Waals surface area contributed by atoms with E-state index >= 15 is 0 Å². The first-order valence-electron chi connectivity index (χ1n) is 10.8. The van der Waals surface area contributed by atoms with E-state index in [-0.39, 0.29) is 31.0 Å². The van der Waals surface area contributed by atoms with Crippen molar-refractivity contribution in [2.24, 2.45) is 5.14 Å². The molecule has 1 saturated carbocycles. The second-order valence-electron chi connectivity index (χ2n) is 8.42. The monoisotopic (exact) mass is 459 g/mol. The molecule has 1 amide bonds. The third-order valence-corrected chi connectivity index (χ3v) is 6.90. The van der Waals surface area contributed by atoms with Gasteiger partial charge in [0.05, 0.1) is 5.75 Å². The molecular weight excluding hydrogens is 430 g/mol. The van der Waals surface area contributed by atoms with Gasteiger partial charge < -0.3 is 20.1 Å². The van der Waals surface area contributed by atoms with Gasteiger partial charge in [0.1, 0.15) is 0 Å². The molecule has 4 N–H and O–H groups in total. The van der Waals surface area contributed by atoms with Crippen molar-refractivity contribution >= 4 is 15.9 Å². The third kappa shape index (κ3) is 5.40. The molecule has 2 aromatic rings. The van der Waals surface area contributed by atoms with Crippen LogP contribution in [0, 0.1) is 0 Å². The molecule has 1 fully saturated rings. The fraction of sp³-hybridized carbons (Fsp3) is 0.435. The van der Waals surface area contributed by atoms with E-state index < -0.39 is 10.0 Å². The molecule has 0 radical (unpaired) electrons. The average molecular weight is 460 g/mol. The maximum Gasteiger partial charge on any atom is 0.251 e. The van der Waals surface area contributed by atoms with Crippen LogP contribution in [0.25, 0.3) is 0 Å². The molecule has 1 aliphatic heterocycles. The molecule has 3 atom stereocenters. The largest absolute Gasteiger partial charge is 0.454 e. The number of amides is 1. The van der Waals surface area contributed by atoms with Crippen LogP contribution in [0.3, 0.4) is 0 Å². The SMILES string of the molecule is C[C@@H](NC1CC[C@H](c2ccc(C(=O)NCCS(N)(=O)=O)cc2)C1)c1cccc2c1OCO2. The molecule has 8 nitrogen and oxygen atoms in total. The fourth-order valence-electron chi connectivity index (χ4n) is 4.49. The number of benzene rings is 2. The Labute approximate surface area is 188 Å². The highest BCUT2D eigenvalue weighted by molar-refractivity contribution is 7.89. The van der Waals surface area contributed by atoms with E-state index in [1.54, 1.807) is 12.1 Å². The van der Waals surface area contributed by atoms with Crippen LogP contribution < -0.4 is 25.2 Å². The molecule has 9 heteroatoms. The molecule has 1 heterocycles. The summed E-state index contributed by atoms with van der Waals surface area (Å²) in [5.74, 6) is 1.48. The minimum Gasteiger partial charge on any atom is -0.454 e. The van der Waals surface area contributed by atoms with Crippen LogP contribution in [-0.2, 0) is 10.0 Å². The summed E-state index contributed by atoms with van der Waals surface area (Å²) in [5, 5.41) is 11.3. The number of primary sulfonamides is 1. The second kappa shape index (κ2) is 9.48. The minimum absolute atomic E-state index is 0.00460. The summed E-state index contributed by atoms with van der Waals surface area (Å²) in [6, 6.07) is 14.1. The predicted octanol–water partition coefficient (Wildman–Crippen LogP) is 2.42. The summed E-state index contributed by atoms with van der Waals surface area (Å²) < 4.78 is 33.1. The van der Waals surface area contributed by atoms with Gasteiger partial charge in [-0.2, -0.15) is 0 Å². The Morgan fingerprint density at radius 1 is 1.16 bits per heavy atom. The molecule has 0 bridgehead atoms. The number of carbonyl (C=O) groups is 1. The lowest BCUT2D eigenvalue weighted by Crippen LogP contribution is -2.31. The molecule has 0 spiro atoms. The zero-order chi connectivity index (χ0) is 22.7. The summed E-state index contributed by atoms with van der Waals surface area (Å²) in [6.07, 6.45) is 3.19. The highest BCUT2D eigenvalue weighted by Gasteiger charge is 2.29. The number of para-hydroxylation sites is 1. The maximum absolute atomic E-state index is 12.2. The van der Waals surface area contributed by atoms with Crippen LogP contribution in [0.2, 0.25) is 0 Å². The van der Waals surface area contributed by atoms with Crippen molar-refractivity contribution in [1.29, 1.82) is 0 Å². The lowest BCUT2D eigenvalue weighted by atomic mass is 9.96. The summed E-state index contributed by atoms with van der Waals surface area (Å²) in [4.78, 5) is 12.2. The van der Waals surface area contributed by atoms with Gasteiger partial charge in [0.2, 0.25) is 16.8 Å². The highest BCUT2D eigenvalue weighted by Crippen LogP contribution is 2.40. The number of sulfonamides is 1. The zero-order valence-electron chi connectivity index (χ0n) is 18.0. The molecule has 2 aliphatic rings. The number of hydrogen-bond acceptors (Lipinski definition) is 6. The molecular formula is C23H29N3O5S. The van der Waals surface area contributed by atoms with Gasteiger partial charge in [-0.1, -0.05) is 24.3 Å². The fourth-order valence-corrected chi connectivity index (χ4v) is 4.87. The van der Waals surface area contributed by atoms with Crippen molar-refractivity contribution in [2.75, 3.05) is 19.1 Å². The van der Waals surface area contributed by atoms with Gasteiger partial charge in [-0.05, 0) is 55.9 Å². The Kier molecular flexibility index (Phi) is 6.68. The number of rotatable bonds is 8. The van der Waals surface area contributed by atoms with E-state index in [1.807, 2.05) is 24.3 Å². The number of ether oxygens (including phenoxy) is 2. The van der Waals surface area contributed by atoms with Crippen LogP contribution in [0.5, 0.6) is 11.5 Å². The van der Waals surface area contributed by atoms with Crippen LogP contribution in [0.4, 0.5) is 0 Å². The Balaban J connectivity index is 1.31. The van der Waals surface area contributed by atoms with Crippen molar-refractivity contribution in [3.8, 4) is 11.5 Å². The molecule has 1 unspecified atom stereocenters. The number of fused-ring (bicyclic) bond motifs is 1. The van der Waals surface area contributed by atoms with Crippen molar-refractivity contribution in [3.05, 3.63) is 59.2 Å². The van der Waals surface area contributed by atoms with Gasteiger partial charge >= 0.3 is 0 Å². The van der Waals surface area contributed by atoms with E-state index in [2.05, 4.69) is 23.6 Å². The Bertz CT molecular complexity index is 1070. The van der Waals surface area contributed by atoms with E-state index in [1.165, 1.54) is 5.56 Å². The first-order chi connectivity index (χ1) is 15.3. The number of nitrogens with one attached hydrogen (secondary N) is 2. The average Bonchev–Trinajstić information content (AvgIpc) is 3.42. The van der Waals surface area contributed by atoms with Crippen LogP contribution in [0.15, 0.2) is 42.5 Å². The topological polar surface area (TPSA) is 120 Å². The van der Waals surface area contributed by atoms with E-state index in [0.717, 1.165) is 36.3 Å². The molecule has 172 valence electrons. The highest BCUT2D eigenvalue weighted by atomic mass is 32.2. The summed E-state index contributed by atoms with van der Waals surface area (Å²) in [7, 11) is -3.59. The number of hydrogen-bond donors (Lipinski definition) is 3.